The molecule has 200 valence electrons. The van der Waals surface area contributed by atoms with Gasteiger partial charge in [0.2, 0.25) is 0 Å². The second-order valence-corrected chi connectivity index (χ2v) is 8.45. The van der Waals surface area contributed by atoms with Gasteiger partial charge in [-0.3, -0.25) is 4.79 Å². The van der Waals surface area contributed by atoms with Crippen molar-refractivity contribution in [3.63, 3.8) is 0 Å². The molecule has 5 heterocycles. The minimum absolute atomic E-state index is 0.239. The first-order chi connectivity index (χ1) is 18.0. The van der Waals surface area contributed by atoms with Crippen molar-refractivity contribution in [2.24, 2.45) is 0 Å². The van der Waals surface area contributed by atoms with Crippen molar-refractivity contribution in [1.82, 2.24) is 29.5 Å². The zero-order chi connectivity index (χ0) is 26.9. The number of aliphatic hydroxyl groups is 1. The summed E-state index contributed by atoms with van der Waals surface area (Å²) in [7, 11) is 6.15. The molecule has 0 aromatic carbocycles. The smallest absolute Gasteiger partial charge is 0.271 e. The van der Waals surface area contributed by atoms with E-state index in [0.29, 0.717) is 24.1 Å². The number of aliphatic hydroxyl groups excluding tert-OH is 1. The van der Waals surface area contributed by atoms with Crippen LogP contribution in [0.15, 0.2) is 36.8 Å². The number of ether oxygens (including phenoxy) is 2. The van der Waals surface area contributed by atoms with Crippen LogP contribution in [-0.2, 0) is 9.47 Å². The van der Waals surface area contributed by atoms with Gasteiger partial charge in [0.15, 0.2) is 11.3 Å². The molecule has 0 spiro atoms. The van der Waals surface area contributed by atoms with Gasteiger partial charge in [-0.25, -0.2) is 14.5 Å². The molecule has 1 aliphatic rings. The van der Waals surface area contributed by atoms with Crippen LogP contribution in [0.1, 0.15) is 43.2 Å². The molecule has 1 aliphatic heterocycles. The molecule has 4 aromatic heterocycles. The monoisotopic (exact) mass is 511 g/mol. The Hall–Kier alpha value is -3.54. The molecule has 3 N–H and O–H groups in total. The zero-order valence-electron chi connectivity index (χ0n) is 22.4. The molecule has 0 bridgehead atoms. The number of carbonyl (C=O) groups is 1. The maximum absolute atomic E-state index is 12.3. The number of hydrogen-bond acceptors (Lipinski definition) is 8. The summed E-state index contributed by atoms with van der Waals surface area (Å²) >= 11 is 0. The van der Waals surface area contributed by atoms with Crippen LogP contribution in [0.2, 0.25) is 0 Å². The highest BCUT2D eigenvalue weighted by molar-refractivity contribution is 5.96. The third kappa shape index (κ3) is 5.90. The topological polar surface area (TPSA) is 128 Å². The lowest BCUT2D eigenvalue weighted by molar-refractivity contribution is 0.0956. The summed E-state index contributed by atoms with van der Waals surface area (Å²) in [6, 6.07) is 6.17. The minimum Gasteiger partial charge on any atom is -0.400 e. The van der Waals surface area contributed by atoms with Gasteiger partial charge in [0.1, 0.15) is 5.65 Å². The van der Waals surface area contributed by atoms with Crippen molar-refractivity contribution in [1.29, 1.82) is 0 Å². The van der Waals surface area contributed by atoms with Crippen molar-refractivity contribution in [2.75, 3.05) is 46.8 Å². The van der Waals surface area contributed by atoms with Crippen molar-refractivity contribution < 1.29 is 19.4 Å². The number of amides is 1. The molecule has 2 atom stereocenters. The van der Waals surface area contributed by atoms with Crippen LogP contribution in [0, 0.1) is 0 Å². The summed E-state index contributed by atoms with van der Waals surface area (Å²) in [6.07, 6.45) is 7.92. The first-order valence-corrected chi connectivity index (χ1v) is 12.3. The molecule has 37 heavy (non-hydrogen) atoms. The van der Waals surface area contributed by atoms with Gasteiger partial charge in [-0.1, -0.05) is 6.92 Å². The van der Waals surface area contributed by atoms with E-state index in [1.54, 1.807) is 24.9 Å². The summed E-state index contributed by atoms with van der Waals surface area (Å²) in [5, 5.41) is 18.6. The standard InChI is InChI=1S/C20H21N7O2.C5H12O.CH4O/c1-21-16-8-15(25-27-17(20(28)22-2)9-24-19(16)27)14-10-26(12-5-7-29-11-12)18-13(14)4-3-6-23-18;1-4-5(2)6-3;1-2/h3-4,6,8-10,12,21H,5,7,11H2,1-2H3,(H,22,28);5H,4H2,1-3H3;2H,1H3. The van der Waals surface area contributed by atoms with Crippen LogP contribution >= 0.6 is 0 Å². The van der Waals surface area contributed by atoms with Crippen LogP contribution < -0.4 is 10.6 Å². The number of nitrogens with one attached hydrogen (secondary N) is 2. The lowest BCUT2D eigenvalue weighted by Crippen LogP contribution is -2.20. The summed E-state index contributed by atoms with van der Waals surface area (Å²) in [5.74, 6) is -0.239. The van der Waals surface area contributed by atoms with Gasteiger partial charge in [-0.05, 0) is 38.0 Å². The number of anilines is 1. The molecular weight excluding hydrogens is 474 g/mol. The van der Waals surface area contributed by atoms with E-state index in [-0.39, 0.29) is 11.9 Å². The number of methoxy groups -OCH3 is 1. The van der Waals surface area contributed by atoms with Crippen molar-refractivity contribution in [2.45, 2.75) is 38.8 Å². The Bertz CT molecular complexity index is 1310. The second-order valence-electron chi connectivity index (χ2n) is 8.45. The first kappa shape index (κ1) is 28.0. The number of rotatable bonds is 6. The third-order valence-corrected chi connectivity index (χ3v) is 6.34. The highest BCUT2D eigenvalue weighted by Gasteiger charge is 2.23. The fourth-order valence-electron chi connectivity index (χ4n) is 4.04. The van der Waals surface area contributed by atoms with Crippen molar-refractivity contribution in [3.05, 3.63) is 42.5 Å². The third-order valence-electron chi connectivity index (χ3n) is 6.34. The molecular formula is C26H37N7O4. The van der Waals surface area contributed by atoms with Gasteiger partial charge in [-0.15, -0.1) is 0 Å². The Morgan fingerprint density at radius 2 is 2.08 bits per heavy atom. The van der Waals surface area contributed by atoms with E-state index < -0.39 is 0 Å². The Morgan fingerprint density at radius 1 is 1.30 bits per heavy atom. The highest BCUT2D eigenvalue weighted by Crippen LogP contribution is 2.34. The lowest BCUT2D eigenvalue weighted by Gasteiger charge is -2.10. The summed E-state index contributed by atoms with van der Waals surface area (Å²) < 4.78 is 14.2. The normalized spacial score (nSPS) is 15.5. The van der Waals surface area contributed by atoms with Gasteiger partial charge >= 0.3 is 0 Å². The van der Waals surface area contributed by atoms with Crippen LogP contribution in [0.25, 0.3) is 27.9 Å². The molecule has 11 nitrogen and oxygen atoms in total. The van der Waals surface area contributed by atoms with Crippen LogP contribution in [0.4, 0.5) is 5.69 Å². The number of carbonyl (C=O) groups excluding carboxylic acids is 1. The van der Waals surface area contributed by atoms with Gasteiger partial charge in [0, 0.05) is 58.3 Å². The predicted molar refractivity (Wildman–Crippen MR) is 144 cm³/mol. The number of fused-ring (bicyclic) bond motifs is 2. The van der Waals surface area contributed by atoms with E-state index in [1.165, 1.54) is 6.20 Å². The minimum atomic E-state index is -0.239. The Kier molecular flexibility index (Phi) is 9.95. The Morgan fingerprint density at radius 3 is 2.68 bits per heavy atom. The number of nitrogens with zero attached hydrogens (tertiary/aromatic N) is 5. The van der Waals surface area contributed by atoms with Crippen LogP contribution in [0.3, 0.4) is 0 Å². The molecule has 1 fully saturated rings. The average molecular weight is 512 g/mol. The van der Waals surface area contributed by atoms with E-state index in [2.05, 4.69) is 45.2 Å². The molecule has 5 rings (SSSR count). The largest absolute Gasteiger partial charge is 0.400 e. The molecule has 1 saturated heterocycles. The maximum Gasteiger partial charge on any atom is 0.271 e. The van der Waals surface area contributed by atoms with Gasteiger partial charge in [0.05, 0.1) is 36.3 Å². The number of hydrogen-bond donors (Lipinski definition) is 3. The Balaban J connectivity index is 0.000000421. The van der Waals surface area contributed by atoms with E-state index in [9.17, 15) is 4.79 Å². The van der Waals surface area contributed by atoms with Crippen molar-refractivity contribution in [3.8, 4) is 11.3 Å². The van der Waals surface area contributed by atoms with E-state index in [1.807, 2.05) is 25.2 Å². The maximum atomic E-state index is 12.3. The summed E-state index contributed by atoms with van der Waals surface area (Å²) in [4.78, 5) is 21.2. The van der Waals surface area contributed by atoms with Gasteiger partial charge < -0.3 is 29.8 Å². The average Bonchev–Trinajstić information content (AvgIpc) is 3.71. The molecule has 0 aliphatic carbocycles. The van der Waals surface area contributed by atoms with E-state index >= 15 is 0 Å². The quantitative estimate of drug-likeness (QED) is 0.360. The number of pyridine rings is 1. The second kappa shape index (κ2) is 13.1. The fourth-order valence-corrected chi connectivity index (χ4v) is 4.04. The van der Waals surface area contributed by atoms with E-state index in [4.69, 9.17) is 19.7 Å². The van der Waals surface area contributed by atoms with Crippen molar-refractivity contribution >= 4 is 28.3 Å². The van der Waals surface area contributed by atoms with Gasteiger partial charge in [-0.2, -0.15) is 5.10 Å². The molecule has 0 saturated carbocycles. The van der Waals surface area contributed by atoms with E-state index in [0.717, 1.165) is 54.5 Å². The molecule has 2 unspecified atom stereocenters. The molecule has 1 amide bonds. The zero-order valence-corrected chi connectivity index (χ0v) is 22.4. The molecule has 0 radical (unpaired) electrons. The summed E-state index contributed by atoms with van der Waals surface area (Å²) in [6.45, 7) is 5.59. The fraction of sp³-hybridized carbons (Fsp3) is 0.462. The number of aromatic nitrogens is 5. The van der Waals surface area contributed by atoms with Gasteiger partial charge in [0.25, 0.3) is 5.91 Å². The molecule has 4 aromatic rings. The van der Waals surface area contributed by atoms with Crippen LogP contribution in [0.5, 0.6) is 0 Å². The highest BCUT2D eigenvalue weighted by atomic mass is 16.5. The molecule has 11 heteroatoms. The number of imidazole rings is 1. The first-order valence-electron chi connectivity index (χ1n) is 12.3. The van der Waals surface area contributed by atoms with Crippen LogP contribution in [-0.4, -0.2) is 82.8 Å². The summed E-state index contributed by atoms with van der Waals surface area (Å²) in [5.41, 5.74) is 4.37. The predicted octanol–water partition coefficient (Wildman–Crippen LogP) is 3.15. The lowest BCUT2D eigenvalue weighted by atomic mass is 10.1. The Labute approximate surface area is 216 Å². The SMILES string of the molecule is CCC(C)OC.CNC(=O)c1cnc2c(NC)cc(-c3cn(C4CCOC4)c4ncccc34)nn12.CO.